The number of hydrogen-bond acceptors (Lipinski definition) is 3. The standard InChI is InChI=1S/C13H13ClN4O2/c1-9(19)16-10-3-2-4-11(7-10)17-12(20)8-18-6-5-15-13(18)14/h2-7H,8H2,1H3,(H,16,19)(H,17,20). The summed E-state index contributed by atoms with van der Waals surface area (Å²) in [5, 5.41) is 5.63. The predicted octanol–water partition coefficient (Wildman–Crippen LogP) is 2.13. The number of aromatic nitrogens is 2. The zero-order valence-corrected chi connectivity index (χ0v) is 11.5. The van der Waals surface area contributed by atoms with E-state index in [9.17, 15) is 9.59 Å². The number of anilines is 2. The van der Waals surface area contributed by atoms with E-state index in [0.29, 0.717) is 11.4 Å². The molecule has 1 aromatic carbocycles. The number of hydrogen-bond donors (Lipinski definition) is 2. The largest absolute Gasteiger partial charge is 0.326 e. The van der Waals surface area contributed by atoms with Crippen LogP contribution in [0.4, 0.5) is 11.4 Å². The van der Waals surface area contributed by atoms with E-state index in [0.717, 1.165) is 0 Å². The fraction of sp³-hybridized carbons (Fsp3) is 0.154. The third-order valence-corrected chi connectivity index (χ3v) is 2.76. The second-order valence-electron chi connectivity index (χ2n) is 4.13. The van der Waals surface area contributed by atoms with Crippen molar-refractivity contribution in [2.45, 2.75) is 13.5 Å². The number of rotatable bonds is 4. The Labute approximate surface area is 120 Å². The van der Waals surface area contributed by atoms with Gasteiger partial charge in [0.1, 0.15) is 6.54 Å². The van der Waals surface area contributed by atoms with Crippen molar-refractivity contribution in [2.24, 2.45) is 0 Å². The summed E-state index contributed by atoms with van der Waals surface area (Å²) in [6, 6.07) is 6.89. The van der Waals surface area contributed by atoms with E-state index in [2.05, 4.69) is 15.6 Å². The SMILES string of the molecule is CC(=O)Nc1cccc(NC(=O)Cn2ccnc2Cl)c1. The van der Waals surface area contributed by atoms with Gasteiger partial charge < -0.3 is 15.2 Å². The monoisotopic (exact) mass is 292 g/mol. The molecule has 0 atom stereocenters. The highest BCUT2D eigenvalue weighted by molar-refractivity contribution is 6.28. The molecule has 2 aromatic rings. The molecule has 0 aliphatic rings. The lowest BCUT2D eigenvalue weighted by atomic mass is 10.2. The summed E-state index contributed by atoms with van der Waals surface area (Å²) in [6.45, 7) is 1.50. The van der Waals surface area contributed by atoms with Crippen LogP contribution >= 0.6 is 11.6 Å². The van der Waals surface area contributed by atoms with Crippen LogP contribution in [-0.4, -0.2) is 21.4 Å². The van der Waals surface area contributed by atoms with Gasteiger partial charge in [0, 0.05) is 30.7 Å². The maximum atomic E-state index is 11.9. The number of carbonyl (C=O) groups is 2. The zero-order chi connectivity index (χ0) is 14.5. The molecule has 0 aliphatic carbocycles. The first-order chi connectivity index (χ1) is 9.54. The Hall–Kier alpha value is -2.34. The molecule has 0 aliphatic heterocycles. The third kappa shape index (κ3) is 3.83. The van der Waals surface area contributed by atoms with Crippen molar-refractivity contribution in [2.75, 3.05) is 10.6 Å². The van der Waals surface area contributed by atoms with Gasteiger partial charge in [0.25, 0.3) is 0 Å². The molecule has 0 saturated heterocycles. The lowest BCUT2D eigenvalue weighted by Crippen LogP contribution is -2.18. The van der Waals surface area contributed by atoms with Crippen molar-refractivity contribution in [3.05, 3.63) is 41.9 Å². The van der Waals surface area contributed by atoms with Crippen molar-refractivity contribution < 1.29 is 9.59 Å². The molecule has 6 nitrogen and oxygen atoms in total. The molecule has 1 heterocycles. The highest BCUT2D eigenvalue weighted by Gasteiger charge is 2.07. The van der Waals surface area contributed by atoms with Crippen LogP contribution in [0.5, 0.6) is 0 Å². The normalized spacial score (nSPS) is 10.1. The molecule has 0 fully saturated rings. The van der Waals surface area contributed by atoms with E-state index in [1.165, 1.54) is 17.7 Å². The first-order valence-corrected chi connectivity index (χ1v) is 6.26. The molecular weight excluding hydrogens is 280 g/mol. The van der Waals surface area contributed by atoms with Crippen LogP contribution in [0.3, 0.4) is 0 Å². The first-order valence-electron chi connectivity index (χ1n) is 5.89. The molecule has 0 unspecified atom stereocenters. The molecule has 104 valence electrons. The van der Waals surface area contributed by atoms with Crippen LogP contribution in [0, 0.1) is 0 Å². The fourth-order valence-corrected chi connectivity index (χ4v) is 1.83. The lowest BCUT2D eigenvalue weighted by molar-refractivity contribution is -0.117. The molecule has 2 N–H and O–H groups in total. The molecule has 0 spiro atoms. The van der Waals surface area contributed by atoms with Gasteiger partial charge in [-0.05, 0) is 29.8 Å². The van der Waals surface area contributed by atoms with Crippen molar-refractivity contribution in [1.82, 2.24) is 9.55 Å². The molecule has 0 radical (unpaired) electrons. The summed E-state index contributed by atoms with van der Waals surface area (Å²) in [7, 11) is 0. The highest BCUT2D eigenvalue weighted by atomic mass is 35.5. The van der Waals surface area contributed by atoms with Crippen LogP contribution in [0.1, 0.15) is 6.92 Å². The minimum Gasteiger partial charge on any atom is -0.326 e. The summed E-state index contributed by atoms with van der Waals surface area (Å²) in [5.74, 6) is -0.399. The second-order valence-corrected chi connectivity index (χ2v) is 4.47. The second kappa shape index (κ2) is 6.21. The summed E-state index contributed by atoms with van der Waals surface area (Å²) in [5.41, 5.74) is 1.22. The number of nitrogens with one attached hydrogen (secondary N) is 2. The third-order valence-electron chi connectivity index (χ3n) is 2.45. The highest BCUT2D eigenvalue weighted by Crippen LogP contribution is 2.15. The van der Waals surface area contributed by atoms with Crippen molar-refractivity contribution in [3.63, 3.8) is 0 Å². The van der Waals surface area contributed by atoms with Gasteiger partial charge in [0.2, 0.25) is 17.1 Å². The number of halogens is 1. The Morgan fingerprint density at radius 3 is 2.60 bits per heavy atom. The topological polar surface area (TPSA) is 76.0 Å². The van der Waals surface area contributed by atoms with Crippen molar-refractivity contribution >= 4 is 34.8 Å². The molecule has 20 heavy (non-hydrogen) atoms. The Morgan fingerprint density at radius 1 is 1.30 bits per heavy atom. The lowest BCUT2D eigenvalue weighted by Gasteiger charge is -2.08. The predicted molar refractivity (Wildman–Crippen MR) is 76.6 cm³/mol. The first kappa shape index (κ1) is 14.1. The molecule has 7 heteroatoms. The quantitative estimate of drug-likeness (QED) is 0.906. The van der Waals surface area contributed by atoms with E-state index >= 15 is 0 Å². The van der Waals surface area contributed by atoms with Gasteiger partial charge in [-0.25, -0.2) is 4.98 Å². The molecular formula is C13H13ClN4O2. The van der Waals surface area contributed by atoms with Crippen LogP contribution < -0.4 is 10.6 Å². The summed E-state index contributed by atoms with van der Waals surface area (Å²) >= 11 is 5.79. The number of amides is 2. The van der Waals surface area contributed by atoms with Gasteiger partial charge >= 0.3 is 0 Å². The zero-order valence-electron chi connectivity index (χ0n) is 10.8. The molecule has 2 rings (SSSR count). The summed E-state index contributed by atoms with van der Waals surface area (Å²) in [6.07, 6.45) is 3.14. The van der Waals surface area contributed by atoms with Crippen LogP contribution in [-0.2, 0) is 16.1 Å². The maximum absolute atomic E-state index is 11.9. The number of benzene rings is 1. The van der Waals surface area contributed by atoms with Gasteiger partial charge in [-0.3, -0.25) is 9.59 Å². The number of imidazole rings is 1. The van der Waals surface area contributed by atoms with E-state index < -0.39 is 0 Å². The molecule has 0 saturated carbocycles. The van der Waals surface area contributed by atoms with Gasteiger partial charge in [0.15, 0.2) is 0 Å². The average molecular weight is 293 g/mol. The van der Waals surface area contributed by atoms with Gasteiger partial charge in [-0.2, -0.15) is 0 Å². The molecule has 1 aromatic heterocycles. The van der Waals surface area contributed by atoms with E-state index in [1.807, 2.05) is 0 Å². The van der Waals surface area contributed by atoms with E-state index in [-0.39, 0.29) is 23.6 Å². The van der Waals surface area contributed by atoms with E-state index in [1.54, 1.807) is 30.5 Å². The Kier molecular flexibility index (Phi) is 4.37. The fourth-order valence-electron chi connectivity index (χ4n) is 1.66. The van der Waals surface area contributed by atoms with Crippen molar-refractivity contribution in [3.8, 4) is 0 Å². The van der Waals surface area contributed by atoms with Gasteiger partial charge in [-0.1, -0.05) is 6.07 Å². The number of carbonyl (C=O) groups excluding carboxylic acids is 2. The molecule has 0 bridgehead atoms. The Balaban J connectivity index is 2.01. The van der Waals surface area contributed by atoms with Crippen LogP contribution in [0.15, 0.2) is 36.7 Å². The molecule has 2 amide bonds. The van der Waals surface area contributed by atoms with Crippen molar-refractivity contribution in [1.29, 1.82) is 0 Å². The Morgan fingerprint density at radius 2 is 2.00 bits per heavy atom. The summed E-state index contributed by atoms with van der Waals surface area (Å²) in [4.78, 5) is 26.7. The van der Waals surface area contributed by atoms with Crippen LogP contribution in [0.2, 0.25) is 5.28 Å². The van der Waals surface area contributed by atoms with Gasteiger partial charge in [0.05, 0.1) is 0 Å². The van der Waals surface area contributed by atoms with Gasteiger partial charge in [-0.15, -0.1) is 0 Å². The average Bonchev–Trinajstić information content (AvgIpc) is 2.74. The Bertz CT molecular complexity index is 639. The minimum absolute atomic E-state index is 0.0726. The summed E-state index contributed by atoms with van der Waals surface area (Å²) < 4.78 is 1.52. The maximum Gasteiger partial charge on any atom is 0.244 e. The smallest absolute Gasteiger partial charge is 0.244 e. The minimum atomic E-state index is -0.232. The van der Waals surface area contributed by atoms with E-state index in [4.69, 9.17) is 11.6 Å². The van der Waals surface area contributed by atoms with Crippen LogP contribution in [0.25, 0.3) is 0 Å². The number of nitrogens with zero attached hydrogens (tertiary/aromatic N) is 2.